The maximum atomic E-state index is 10.7. The van der Waals surface area contributed by atoms with Crippen molar-refractivity contribution < 1.29 is 114 Å². The topological polar surface area (TPSA) is 126 Å². The van der Waals surface area contributed by atoms with Crippen LogP contribution in [0.25, 0.3) is 10.9 Å². The number of hydrogen-bond donors (Lipinski definition) is 1. The van der Waals surface area contributed by atoms with Crippen LogP contribution in [0.1, 0.15) is 20.8 Å². The van der Waals surface area contributed by atoms with Crippen molar-refractivity contribution in [3.8, 4) is 0 Å². The minimum Gasteiger partial charge on any atom is -0.870 e. The summed E-state index contributed by atoms with van der Waals surface area (Å²) >= 11 is 0. The van der Waals surface area contributed by atoms with E-state index < -0.39 is 11.9 Å². The summed E-state index contributed by atoms with van der Waals surface area (Å²) in [5.41, 5.74) is 0.228. The molecule has 2 aromatic rings. The van der Waals surface area contributed by atoms with Gasteiger partial charge in [-0.3, -0.25) is 0 Å². The Balaban J connectivity index is -0.000000640. The minimum atomic E-state index is -1.38. The molecule has 0 atom stereocenters. The second-order valence-electron chi connectivity index (χ2n) is 3.02. The summed E-state index contributed by atoms with van der Waals surface area (Å²) in [4.78, 5) is 23.8. The van der Waals surface area contributed by atoms with E-state index >= 15 is 0 Å². The zero-order valence-corrected chi connectivity index (χ0v) is 16.9. The number of carbonyl (C=O) groups is 2. The molecule has 0 unspecified atom stereocenters. The van der Waals surface area contributed by atoms with Gasteiger partial charge in [0.15, 0.2) is 0 Å². The number of carbonyl (C=O) groups excluding carboxylic acids is 2. The van der Waals surface area contributed by atoms with Crippen LogP contribution in [0.5, 0.6) is 0 Å². The van der Waals surface area contributed by atoms with E-state index in [0.29, 0.717) is 10.9 Å². The molecule has 1 heterocycles. The van der Waals surface area contributed by atoms with Crippen molar-refractivity contribution in [3.63, 3.8) is 0 Å². The Hall–Kier alpha value is 0.660. The number of aromatic amines is 1. The van der Waals surface area contributed by atoms with Gasteiger partial charge in [0.05, 0.1) is 17.6 Å². The molecule has 0 aliphatic heterocycles. The Kier molecular flexibility index (Phi) is 13.5. The molecule has 0 radical (unpaired) electrons. The average Bonchev–Trinajstić information content (AvgIpc) is 2.60. The Morgan fingerprint density at radius 3 is 2.05 bits per heavy atom. The van der Waals surface area contributed by atoms with Crippen LogP contribution in [0.3, 0.4) is 0 Å². The average molecular weight is 289 g/mol. The molecule has 0 spiro atoms. The molecule has 0 saturated carbocycles. The molecule has 19 heavy (non-hydrogen) atoms. The van der Waals surface area contributed by atoms with E-state index in [1.807, 2.05) is 0 Å². The summed E-state index contributed by atoms with van der Waals surface area (Å²) in [7, 11) is 0. The summed E-state index contributed by atoms with van der Waals surface area (Å²) in [5.74, 6) is -2.72. The van der Waals surface area contributed by atoms with Crippen molar-refractivity contribution in [3.05, 3.63) is 35.5 Å². The molecule has 0 saturated heterocycles. The van der Waals surface area contributed by atoms with E-state index in [-0.39, 0.29) is 105 Å². The molecule has 0 amide bonds. The van der Waals surface area contributed by atoms with Gasteiger partial charge in [-0.25, -0.2) is 0 Å². The fourth-order valence-corrected chi connectivity index (χ4v) is 1.44. The summed E-state index contributed by atoms with van der Waals surface area (Å²) in [6.07, 6.45) is 0. The molecule has 1 aromatic heterocycles. The first-order chi connectivity index (χ1) is 7.09. The van der Waals surface area contributed by atoms with Crippen molar-refractivity contribution in [2.24, 2.45) is 0 Å². The standard InChI is InChI=1S/C10H7NO4.3Na.H2O/c12-9(13)5-2-1-3-7-6(5)4-8(11-7)10(14)15;;;;/h1-4,11H,(H,12,13)(H,14,15);;;;1H2/q;3*+1;/p-3. The first kappa shape index (κ1) is 24.7. The van der Waals surface area contributed by atoms with E-state index in [0.717, 1.165) is 0 Å². The number of aromatic carboxylic acids is 2. The van der Waals surface area contributed by atoms with E-state index in [1.165, 1.54) is 18.2 Å². The molecule has 6 nitrogen and oxygen atoms in total. The van der Waals surface area contributed by atoms with E-state index in [4.69, 9.17) is 0 Å². The van der Waals surface area contributed by atoms with E-state index in [2.05, 4.69) is 4.98 Å². The van der Waals surface area contributed by atoms with Gasteiger partial charge in [-0.05, 0) is 12.1 Å². The van der Waals surface area contributed by atoms with Crippen LogP contribution in [0.15, 0.2) is 24.3 Å². The van der Waals surface area contributed by atoms with Gasteiger partial charge in [0.1, 0.15) is 0 Å². The van der Waals surface area contributed by atoms with Gasteiger partial charge in [-0.1, -0.05) is 12.1 Å². The predicted octanol–water partition coefficient (Wildman–Crippen LogP) is -10.3. The monoisotopic (exact) mass is 289 g/mol. The summed E-state index contributed by atoms with van der Waals surface area (Å²) in [6, 6.07) is 5.65. The predicted molar refractivity (Wildman–Crippen MR) is 48.9 cm³/mol. The third-order valence-electron chi connectivity index (χ3n) is 2.10. The Morgan fingerprint density at radius 1 is 1.00 bits per heavy atom. The third kappa shape index (κ3) is 5.51. The van der Waals surface area contributed by atoms with Crippen molar-refractivity contribution in [1.29, 1.82) is 0 Å². The van der Waals surface area contributed by atoms with Crippen molar-refractivity contribution in [2.75, 3.05) is 0 Å². The summed E-state index contributed by atoms with van der Waals surface area (Å²) in [6.45, 7) is 0. The van der Waals surface area contributed by atoms with Crippen LogP contribution in [0, 0.1) is 0 Å². The largest absolute Gasteiger partial charge is 1.00 e. The normalized spacial score (nSPS) is 8.21. The van der Waals surface area contributed by atoms with Crippen LogP contribution in [-0.4, -0.2) is 22.4 Å². The van der Waals surface area contributed by atoms with Gasteiger partial charge in [-0.15, -0.1) is 0 Å². The van der Waals surface area contributed by atoms with Crippen LogP contribution in [-0.2, 0) is 0 Å². The number of nitrogens with one attached hydrogen (secondary N) is 1. The number of fused-ring (bicyclic) bond motifs is 1. The van der Waals surface area contributed by atoms with Gasteiger partial charge in [-0.2, -0.15) is 0 Å². The quantitative estimate of drug-likeness (QED) is 0.549. The molecule has 0 aliphatic carbocycles. The molecule has 0 aliphatic rings. The molecule has 0 fully saturated rings. The van der Waals surface area contributed by atoms with E-state index in [9.17, 15) is 19.8 Å². The van der Waals surface area contributed by atoms with Crippen molar-refractivity contribution in [1.82, 2.24) is 4.98 Å². The zero-order valence-electron chi connectivity index (χ0n) is 10.9. The van der Waals surface area contributed by atoms with Gasteiger partial charge in [0.25, 0.3) is 0 Å². The van der Waals surface area contributed by atoms with Crippen molar-refractivity contribution in [2.45, 2.75) is 0 Å². The fourth-order valence-electron chi connectivity index (χ4n) is 1.44. The van der Waals surface area contributed by atoms with Gasteiger partial charge >= 0.3 is 88.7 Å². The molecule has 9 heteroatoms. The first-order valence-corrected chi connectivity index (χ1v) is 4.14. The second-order valence-corrected chi connectivity index (χ2v) is 3.02. The maximum Gasteiger partial charge on any atom is 1.00 e. The van der Waals surface area contributed by atoms with Crippen LogP contribution in [0.2, 0.25) is 0 Å². The molecular formula is C10H6NNa3O5. The molecule has 1 aromatic carbocycles. The number of aromatic nitrogens is 1. The number of benzene rings is 1. The van der Waals surface area contributed by atoms with Crippen LogP contribution < -0.4 is 98.9 Å². The van der Waals surface area contributed by atoms with Crippen LogP contribution in [0.4, 0.5) is 0 Å². The number of carboxylic acid groups (broad SMARTS) is 2. The maximum absolute atomic E-state index is 10.7. The number of carboxylic acids is 2. The minimum absolute atomic E-state index is 0. The molecule has 0 bridgehead atoms. The Labute approximate surface area is 175 Å². The Bertz CT molecular complexity index is 569. The second kappa shape index (κ2) is 10.4. The third-order valence-corrected chi connectivity index (χ3v) is 2.10. The molecule has 84 valence electrons. The molecular weight excluding hydrogens is 283 g/mol. The van der Waals surface area contributed by atoms with Crippen LogP contribution >= 0.6 is 0 Å². The number of hydrogen-bond acceptors (Lipinski definition) is 5. The van der Waals surface area contributed by atoms with Gasteiger partial charge in [0.2, 0.25) is 0 Å². The first-order valence-electron chi connectivity index (χ1n) is 4.14. The number of H-pyrrole nitrogens is 1. The van der Waals surface area contributed by atoms with Gasteiger partial charge < -0.3 is 30.3 Å². The summed E-state index contributed by atoms with van der Waals surface area (Å²) in [5, 5.41) is 21.6. The smallest absolute Gasteiger partial charge is 0.870 e. The zero-order chi connectivity index (χ0) is 11.0. The SMILES string of the molecule is O=C([O-])c1cc2c(C(=O)[O-])cccc2[nH]1.[Na+].[Na+].[Na+].[OH-]. The molecule has 2 N–H and O–H groups in total. The van der Waals surface area contributed by atoms with Crippen molar-refractivity contribution >= 4 is 22.8 Å². The summed E-state index contributed by atoms with van der Waals surface area (Å²) < 4.78 is 0. The van der Waals surface area contributed by atoms with E-state index in [1.54, 1.807) is 6.07 Å². The Morgan fingerprint density at radius 2 is 1.58 bits per heavy atom. The van der Waals surface area contributed by atoms with Gasteiger partial charge in [0, 0.05) is 16.5 Å². The number of rotatable bonds is 2. The fraction of sp³-hybridized carbons (Fsp3) is 0. The molecule has 2 rings (SSSR count).